The third kappa shape index (κ3) is 4.03. The molecule has 0 saturated carbocycles. The molecule has 0 unspecified atom stereocenters. The average molecular weight is 377 g/mol. The van der Waals surface area contributed by atoms with Crippen LogP contribution in [0.2, 0.25) is 0 Å². The highest BCUT2D eigenvalue weighted by molar-refractivity contribution is 5.95. The van der Waals surface area contributed by atoms with Crippen molar-refractivity contribution >= 4 is 23.2 Å². The summed E-state index contributed by atoms with van der Waals surface area (Å²) < 4.78 is 0. The first-order valence-electron chi connectivity index (χ1n) is 10.2. The number of nitrogens with one attached hydrogen (secondary N) is 1. The van der Waals surface area contributed by atoms with Crippen molar-refractivity contribution in [1.82, 2.24) is 4.90 Å². The highest BCUT2D eigenvalue weighted by Crippen LogP contribution is 2.27. The third-order valence-corrected chi connectivity index (χ3v) is 5.61. The van der Waals surface area contributed by atoms with Gasteiger partial charge >= 0.3 is 0 Å². The van der Waals surface area contributed by atoms with Gasteiger partial charge in [-0.3, -0.25) is 9.59 Å². The van der Waals surface area contributed by atoms with E-state index in [1.54, 1.807) is 0 Å². The fraction of sp³-hybridized carbons (Fsp3) is 0.391. The summed E-state index contributed by atoms with van der Waals surface area (Å²) in [5, 5.41) is 3.43. The highest BCUT2D eigenvalue weighted by Gasteiger charge is 2.27. The Morgan fingerprint density at radius 1 is 0.857 bits per heavy atom. The molecule has 2 aromatic carbocycles. The van der Waals surface area contributed by atoms with E-state index < -0.39 is 6.04 Å². The van der Waals surface area contributed by atoms with Crippen molar-refractivity contribution in [3.8, 4) is 0 Å². The maximum absolute atomic E-state index is 13.2. The molecule has 0 aliphatic carbocycles. The van der Waals surface area contributed by atoms with Crippen LogP contribution in [0.25, 0.3) is 0 Å². The lowest BCUT2D eigenvalue weighted by Gasteiger charge is -2.31. The predicted molar refractivity (Wildman–Crippen MR) is 111 cm³/mol. The molecule has 0 bridgehead atoms. The summed E-state index contributed by atoms with van der Waals surface area (Å²) in [5.41, 5.74) is 2.78. The first kappa shape index (κ1) is 18.5. The maximum atomic E-state index is 13.2. The van der Waals surface area contributed by atoms with Gasteiger partial charge in [-0.1, -0.05) is 30.3 Å². The summed E-state index contributed by atoms with van der Waals surface area (Å²) in [4.78, 5) is 29.0. The van der Waals surface area contributed by atoms with Crippen LogP contribution in [-0.2, 0) is 9.59 Å². The fourth-order valence-corrected chi connectivity index (χ4v) is 4.06. The first-order valence-corrected chi connectivity index (χ1v) is 10.2. The lowest BCUT2D eigenvalue weighted by molar-refractivity contribution is -0.133. The van der Waals surface area contributed by atoms with Gasteiger partial charge in [-0.2, -0.15) is 0 Å². The molecule has 2 aromatic rings. The Morgan fingerprint density at radius 2 is 1.57 bits per heavy atom. The molecular weight excluding hydrogens is 350 g/mol. The molecule has 0 spiro atoms. The van der Waals surface area contributed by atoms with Gasteiger partial charge in [0.05, 0.1) is 0 Å². The van der Waals surface area contributed by atoms with Crippen molar-refractivity contribution in [2.45, 2.75) is 38.1 Å². The van der Waals surface area contributed by atoms with Gasteiger partial charge in [0.2, 0.25) is 11.8 Å². The first-order chi connectivity index (χ1) is 13.7. The molecule has 28 heavy (non-hydrogen) atoms. The Labute approximate surface area is 166 Å². The smallest absolute Gasteiger partial charge is 0.249 e. The number of hydrogen-bond acceptors (Lipinski definition) is 3. The molecule has 146 valence electrons. The van der Waals surface area contributed by atoms with Crippen LogP contribution < -0.4 is 10.2 Å². The van der Waals surface area contributed by atoms with Crippen molar-refractivity contribution in [1.29, 1.82) is 0 Å². The number of carbonyl (C=O) groups excluding carboxylic acids is 2. The van der Waals surface area contributed by atoms with Crippen LogP contribution in [0.3, 0.4) is 0 Å². The number of rotatable bonds is 5. The molecule has 0 aromatic heterocycles. The van der Waals surface area contributed by atoms with Crippen LogP contribution in [-0.4, -0.2) is 36.3 Å². The second kappa shape index (κ2) is 8.46. The Kier molecular flexibility index (Phi) is 5.60. The normalized spacial score (nSPS) is 18.2. The monoisotopic (exact) mass is 377 g/mol. The van der Waals surface area contributed by atoms with Gasteiger partial charge in [-0.05, 0) is 55.5 Å². The lowest BCUT2D eigenvalue weighted by atomic mass is 10.0. The highest BCUT2D eigenvalue weighted by atomic mass is 16.2. The number of carbonyl (C=O) groups is 2. The van der Waals surface area contributed by atoms with E-state index in [0.29, 0.717) is 6.42 Å². The van der Waals surface area contributed by atoms with Crippen molar-refractivity contribution in [2.24, 2.45) is 0 Å². The van der Waals surface area contributed by atoms with Crippen molar-refractivity contribution in [3.63, 3.8) is 0 Å². The lowest BCUT2D eigenvalue weighted by Crippen LogP contribution is -2.41. The minimum absolute atomic E-state index is 0.129. The Morgan fingerprint density at radius 3 is 2.21 bits per heavy atom. The molecule has 5 nitrogen and oxygen atoms in total. The van der Waals surface area contributed by atoms with Gasteiger partial charge in [-0.25, -0.2) is 0 Å². The summed E-state index contributed by atoms with van der Waals surface area (Å²) in [7, 11) is 0. The summed E-state index contributed by atoms with van der Waals surface area (Å²) in [6.07, 6.45) is 4.89. The number of hydrogen-bond donors (Lipinski definition) is 1. The van der Waals surface area contributed by atoms with Crippen LogP contribution in [0.15, 0.2) is 54.6 Å². The van der Waals surface area contributed by atoms with E-state index >= 15 is 0 Å². The number of anilines is 2. The molecule has 1 atom stereocenters. The van der Waals surface area contributed by atoms with Gasteiger partial charge in [0, 0.05) is 37.4 Å². The molecule has 0 radical (unpaired) electrons. The van der Waals surface area contributed by atoms with E-state index in [1.165, 1.54) is 6.42 Å². The van der Waals surface area contributed by atoms with Gasteiger partial charge in [-0.15, -0.1) is 0 Å². The maximum Gasteiger partial charge on any atom is 0.249 e. The van der Waals surface area contributed by atoms with Crippen LogP contribution in [0.1, 0.15) is 43.7 Å². The van der Waals surface area contributed by atoms with E-state index in [1.807, 2.05) is 64.4 Å². The number of benzene rings is 2. The van der Waals surface area contributed by atoms with E-state index in [9.17, 15) is 9.59 Å². The zero-order chi connectivity index (χ0) is 19.3. The fourth-order valence-electron chi connectivity index (χ4n) is 4.06. The number of piperidine rings is 1. The van der Waals surface area contributed by atoms with E-state index in [4.69, 9.17) is 0 Å². The molecule has 2 fully saturated rings. The van der Waals surface area contributed by atoms with Crippen LogP contribution in [0.4, 0.5) is 11.4 Å². The molecular formula is C23H27N3O2. The summed E-state index contributed by atoms with van der Waals surface area (Å²) in [6.45, 7) is 2.45. The quantitative estimate of drug-likeness (QED) is 0.857. The minimum atomic E-state index is -0.404. The SMILES string of the molecule is O=C([C@H](Nc1ccc(N2CCCC2=O)cc1)c1ccccc1)N1CCCCC1. The van der Waals surface area contributed by atoms with Crippen LogP contribution in [0, 0.1) is 0 Å². The summed E-state index contributed by atoms with van der Waals surface area (Å²) >= 11 is 0. The Hall–Kier alpha value is -2.82. The van der Waals surface area contributed by atoms with Gasteiger partial charge < -0.3 is 15.1 Å². The van der Waals surface area contributed by atoms with Crippen LogP contribution >= 0.6 is 0 Å². The van der Waals surface area contributed by atoms with E-state index in [-0.39, 0.29) is 11.8 Å². The molecule has 2 aliphatic rings. The summed E-state index contributed by atoms with van der Waals surface area (Å²) in [6, 6.07) is 17.3. The largest absolute Gasteiger partial charge is 0.370 e. The second-order valence-electron chi connectivity index (χ2n) is 7.57. The molecule has 5 heteroatoms. The van der Waals surface area contributed by atoms with Gasteiger partial charge in [0.1, 0.15) is 6.04 Å². The van der Waals surface area contributed by atoms with Crippen LogP contribution in [0.5, 0.6) is 0 Å². The molecule has 4 rings (SSSR count). The van der Waals surface area contributed by atoms with Crippen molar-refractivity contribution < 1.29 is 9.59 Å². The van der Waals surface area contributed by atoms with Crippen molar-refractivity contribution in [2.75, 3.05) is 29.9 Å². The zero-order valence-electron chi connectivity index (χ0n) is 16.1. The number of nitrogens with zero attached hydrogens (tertiary/aromatic N) is 2. The van der Waals surface area contributed by atoms with Crippen molar-refractivity contribution in [3.05, 3.63) is 60.2 Å². The molecule has 2 aliphatic heterocycles. The zero-order valence-corrected chi connectivity index (χ0v) is 16.1. The Bertz CT molecular complexity index is 814. The minimum Gasteiger partial charge on any atom is -0.370 e. The second-order valence-corrected chi connectivity index (χ2v) is 7.57. The number of likely N-dealkylation sites (tertiary alicyclic amines) is 1. The van der Waals surface area contributed by atoms with Gasteiger partial charge in [0.15, 0.2) is 0 Å². The average Bonchev–Trinajstić information content (AvgIpc) is 3.19. The third-order valence-electron chi connectivity index (χ3n) is 5.61. The summed E-state index contributed by atoms with van der Waals surface area (Å²) in [5.74, 6) is 0.313. The Balaban J connectivity index is 1.53. The van der Waals surface area contributed by atoms with Gasteiger partial charge in [0.25, 0.3) is 0 Å². The molecule has 2 heterocycles. The number of amides is 2. The van der Waals surface area contributed by atoms with E-state index in [2.05, 4.69) is 5.32 Å². The van der Waals surface area contributed by atoms with E-state index in [0.717, 1.165) is 55.8 Å². The molecule has 1 N–H and O–H groups in total. The molecule has 2 amide bonds. The topological polar surface area (TPSA) is 52.7 Å². The predicted octanol–water partition coefficient (Wildman–Crippen LogP) is 3.98. The standard InChI is InChI=1S/C23H27N3O2/c27-21-10-7-17-26(21)20-13-11-19(12-14-20)24-22(18-8-3-1-4-9-18)23(28)25-15-5-2-6-16-25/h1,3-4,8-9,11-14,22,24H,2,5-7,10,15-17H2/t22-/m1/s1. The molecule has 2 saturated heterocycles.